The molecule has 0 bridgehead atoms. The number of aliphatic hydroxyl groups is 3. The van der Waals surface area contributed by atoms with Crippen LogP contribution in [0.15, 0.2) is 11.0 Å². The number of aromatic nitrogens is 2. The molecule has 0 radical (unpaired) electrons. The van der Waals surface area contributed by atoms with Gasteiger partial charge in [-0.1, -0.05) is 86.2 Å². The van der Waals surface area contributed by atoms with Crippen LogP contribution in [0, 0.1) is 0 Å². The van der Waals surface area contributed by atoms with E-state index in [1.165, 1.54) is 0 Å². The number of unbranched alkanes of at least 4 members (excludes halogenated alkanes) is 2. The van der Waals surface area contributed by atoms with Gasteiger partial charge in [-0.2, -0.15) is 4.98 Å². The van der Waals surface area contributed by atoms with E-state index in [1.807, 2.05) is 0 Å². The Morgan fingerprint density at radius 1 is 1.08 bits per heavy atom. The van der Waals surface area contributed by atoms with Crippen LogP contribution in [0.1, 0.15) is 81.6 Å². The zero-order valence-electron chi connectivity index (χ0n) is 24.3. The summed E-state index contributed by atoms with van der Waals surface area (Å²) in [4.78, 5) is 21.3. The van der Waals surface area contributed by atoms with Crippen molar-refractivity contribution in [2.75, 3.05) is 18.1 Å². The Morgan fingerprint density at radius 2 is 1.68 bits per heavy atom. The van der Waals surface area contributed by atoms with E-state index in [1.54, 1.807) is 11.1 Å². The van der Waals surface area contributed by atoms with E-state index in [0.29, 0.717) is 40.3 Å². The number of nitrogens with one attached hydrogen (secondary N) is 1. The van der Waals surface area contributed by atoms with Gasteiger partial charge >= 0.3 is 5.69 Å². The Morgan fingerprint density at radius 3 is 2.14 bits per heavy atom. The van der Waals surface area contributed by atoms with Gasteiger partial charge in [-0.25, -0.2) is 4.79 Å². The number of hydrogen-bond donors (Lipinski definition) is 4. The predicted octanol–water partition coefficient (Wildman–Crippen LogP) is 3.48. The summed E-state index contributed by atoms with van der Waals surface area (Å²) >= 11 is 0. The Bertz CT molecular complexity index is 881. The molecule has 1 fully saturated rings. The first-order valence-corrected chi connectivity index (χ1v) is 19.2. The number of nitrogens with zero attached hydrogens (tertiary/aromatic N) is 2. The Kier molecular flexibility index (Phi) is 11.8. The van der Waals surface area contributed by atoms with Crippen molar-refractivity contribution in [3.63, 3.8) is 0 Å². The highest BCUT2D eigenvalue weighted by Crippen LogP contribution is 2.45. The zero-order chi connectivity index (χ0) is 28.1. The zero-order valence-corrected chi connectivity index (χ0v) is 26.4. The molecular weight excluding hydrogens is 506 g/mol. The van der Waals surface area contributed by atoms with E-state index in [-0.39, 0.29) is 0 Å². The van der Waals surface area contributed by atoms with Gasteiger partial charge in [-0.3, -0.25) is 0 Å². The third kappa shape index (κ3) is 6.85. The summed E-state index contributed by atoms with van der Waals surface area (Å²) in [5.41, 5.74) is 1.25. The first kappa shape index (κ1) is 32.0. The fraction of sp³-hybridized carbons (Fsp3) is 0.846. The maximum absolute atomic E-state index is 12.5. The van der Waals surface area contributed by atoms with Crippen molar-refractivity contribution in [3.8, 4) is 5.75 Å². The van der Waals surface area contributed by atoms with Crippen LogP contribution in [0.3, 0.4) is 0 Å². The first-order chi connectivity index (χ1) is 17.3. The number of anilines is 1. The molecule has 4 N–H and O–H groups in total. The Balaban J connectivity index is 2.69. The Hall–Kier alpha value is -1.25. The molecule has 9 nitrogen and oxygen atoms in total. The fourth-order valence-corrected chi connectivity index (χ4v) is 25.7. The van der Waals surface area contributed by atoms with Gasteiger partial charge in [0, 0.05) is 6.54 Å². The second kappa shape index (κ2) is 13.7. The van der Waals surface area contributed by atoms with Crippen LogP contribution in [0.5, 0.6) is 5.75 Å². The minimum atomic E-state index is -2.41. The number of ether oxygens (including phenoxy) is 1. The quantitative estimate of drug-likeness (QED) is 0.202. The standard InChI is InChI=1S/C26H51N3O6Si2/c1-10-11-12-13-29(25-23(32)22(31)21(15-30)34-25)24-20(14-27-26(33)28-24)35-37(18(6)7,19(8)9)36(16(2)3)17(4)5/h14,16-19,21-23,25,30-32,36H,10-13,15H2,1-9H3,(H,27,28,33)/t21-,22-,23+,25-/m1/s1. The highest BCUT2D eigenvalue weighted by atomic mass is 29.2. The monoisotopic (exact) mass is 557 g/mol. The molecule has 1 aromatic rings. The van der Waals surface area contributed by atoms with Gasteiger partial charge in [0.15, 0.2) is 17.8 Å². The van der Waals surface area contributed by atoms with Crippen LogP contribution in [-0.4, -0.2) is 79.1 Å². The average Bonchev–Trinajstić information content (AvgIpc) is 3.10. The van der Waals surface area contributed by atoms with Crippen LogP contribution in [0.25, 0.3) is 0 Å². The molecule has 0 saturated carbocycles. The molecule has 2 rings (SSSR count). The molecule has 214 valence electrons. The summed E-state index contributed by atoms with van der Waals surface area (Å²) in [6.45, 7) is 20.5. The smallest absolute Gasteiger partial charge is 0.347 e. The summed E-state index contributed by atoms with van der Waals surface area (Å²) in [6, 6.07) is 0. The van der Waals surface area contributed by atoms with Gasteiger partial charge in [-0.05, 0) is 17.5 Å². The molecule has 0 aliphatic carbocycles. The highest BCUT2D eigenvalue weighted by Gasteiger charge is 2.54. The largest absolute Gasteiger partial charge is 0.543 e. The van der Waals surface area contributed by atoms with Gasteiger partial charge < -0.3 is 34.4 Å². The number of rotatable bonds is 14. The third-order valence-corrected chi connectivity index (χ3v) is 27.5. The van der Waals surface area contributed by atoms with Crippen molar-refractivity contribution >= 4 is 22.0 Å². The molecule has 1 aromatic heterocycles. The average molecular weight is 558 g/mol. The molecule has 1 aliphatic heterocycles. The van der Waals surface area contributed by atoms with Gasteiger partial charge in [0.25, 0.3) is 0 Å². The van der Waals surface area contributed by atoms with Crippen molar-refractivity contribution < 1.29 is 24.5 Å². The topological polar surface area (TPSA) is 128 Å². The van der Waals surface area contributed by atoms with Gasteiger partial charge in [0.05, 0.1) is 21.1 Å². The van der Waals surface area contributed by atoms with Crippen LogP contribution < -0.4 is 15.0 Å². The molecule has 37 heavy (non-hydrogen) atoms. The second-order valence-electron chi connectivity index (χ2n) is 11.8. The number of hydrogen-bond acceptors (Lipinski definition) is 8. The highest BCUT2D eigenvalue weighted by molar-refractivity contribution is 7.32. The first-order valence-electron chi connectivity index (χ1n) is 14.0. The molecule has 11 heteroatoms. The van der Waals surface area contributed by atoms with E-state index < -0.39 is 53.0 Å². The van der Waals surface area contributed by atoms with E-state index in [0.717, 1.165) is 19.3 Å². The summed E-state index contributed by atoms with van der Waals surface area (Å²) in [6.07, 6.45) is -0.0659. The third-order valence-electron chi connectivity index (χ3n) is 7.90. The van der Waals surface area contributed by atoms with E-state index in [4.69, 9.17) is 9.16 Å². The molecule has 1 saturated heterocycles. The minimum absolute atomic E-state index is 0.327. The van der Waals surface area contributed by atoms with Crippen LogP contribution in [0.4, 0.5) is 5.82 Å². The van der Waals surface area contributed by atoms with E-state index in [2.05, 4.69) is 72.3 Å². The molecule has 0 spiro atoms. The van der Waals surface area contributed by atoms with Crippen LogP contribution in [0.2, 0.25) is 22.2 Å². The summed E-state index contributed by atoms with van der Waals surface area (Å²) in [7, 11) is -3.86. The maximum atomic E-state index is 12.5. The van der Waals surface area contributed by atoms with E-state index >= 15 is 0 Å². The van der Waals surface area contributed by atoms with Crippen LogP contribution in [-0.2, 0) is 4.74 Å². The number of H-pyrrole nitrogens is 1. The lowest BCUT2D eigenvalue weighted by Crippen LogP contribution is -2.63. The fourth-order valence-electron chi connectivity index (χ4n) is 6.42. The van der Waals surface area contributed by atoms with Crippen molar-refractivity contribution in [1.82, 2.24) is 9.97 Å². The van der Waals surface area contributed by atoms with Crippen molar-refractivity contribution in [3.05, 3.63) is 16.7 Å². The Labute approximate surface area is 225 Å². The van der Waals surface area contributed by atoms with Crippen molar-refractivity contribution in [2.24, 2.45) is 0 Å². The van der Waals surface area contributed by atoms with Gasteiger partial charge in [-0.15, -0.1) is 0 Å². The molecule has 0 unspecified atom stereocenters. The van der Waals surface area contributed by atoms with Gasteiger partial charge in [0.2, 0.25) is 7.83 Å². The lowest BCUT2D eigenvalue weighted by molar-refractivity contribution is -0.0228. The van der Waals surface area contributed by atoms with Gasteiger partial charge in [0.1, 0.15) is 18.3 Å². The maximum Gasteiger partial charge on any atom is 0.347 e. The summed E-state index contributed by atoms with van der Waals surface area (Å²) in [5, 5.41) is 31.0. The molecule has 0 amide bonds. The summed E-state index contributed by atoms with van der Waals surface area (Å²) in [5.74, 6) is 0.829. The molecule has 0 aromatic carbocycles. The van der Waals surface area contributed by atoms with Crippen LogP contribution >= 0.6 is 0 Å². The SMILES string of the molecule is CCCCCN(c1nc(=O)[nH]cc1O[Si](C(C)C)(C(C)C)[SiH](C(C)C)C(C)C)[C@@H]1O[C@H](CO)[C@@H](O)[C@@H]1O. The minimum Gasteiger partial charge on any atom is -0.543 e. The lowest BCUT2D eigenvalue weighted by Gasteiger charge is -2.48. The molecule has 1 aliphatic rings. The van der Waals surface area contributed by atoms with E-state index in [9.17, 15) is 20.1 Å². The number of aliphatic hydroxyl groups excluding tert-OH is 3. The second-order valence-corrected chi connectivity index (χ2v) is 24.4. The molecular formula is C26H51N3O6Si2. The normalized spacial score (nSPS) is 22.7. The predicted molar refractivity (Wildman–Crippen MR) is 153 cm³/mol. The molecule has 4 atom stereocenters. The van der Waals surface area contributed by atoms with Crippen molar-refractivity contribution in [2.45, 2.75) is 128 Å². The lowest BCUT2D eigenvalue weighted by atomic mass is 10.1. The molecule has 2 heterocycles. The number of aromatic amines is 1. The summed E-state index contributed by atoms with van der Waals surface area (Å²) < 4.78 is 13.1. The van der Waals surface area contributed by atoms with Crippen molar-refractivity contribution in [1.29, 1.82) is 0 Å².